The summed E-state index contributed by atoms with van der Waals surface area (Å²) in [5.74, 6) is -1.51. The third-order valence-electron chi connectivity index (χ3n) is 1.90. The molecule has 1 unspecified atom stereocenters. The van der Waals surface area contributed by atoms with Gasteiger partial charge in [0.15, 0.2) is 0 Å². The van der Waals surface area contributed by atoms with E-state index < -0.39 is 5.97 Å². The van der Waals surface area contributed by atoms with Crippen molar-refractivity contribution in [3.05, 3.63) is 35.4 Å². The molecule has 0 spiro atoms. The van der Waals surface area contributed by atoms with E-state index in [1.807, 2.05) is 22.6 Å². The second-order valence-corrected chi connectivity index (χ2v) is 5.08. The number of alkyl halides is 1. The molecular formula is C11H10IO4-. The highest BCUT2D eigenvalue weighted by molar-refractivity contribution is 14.1. The quantitative estimate of drug-likeness (QED) is 0.467. The van der Waals surface area contributed by atoms with Gasteiger partial charge in [-0.15, -0.1) is 0 Å². The molecule has 0 aromatic heterocycles. The van der Waals surface area contributed by atoms with Gasteiger partial charge in [-0.2, -0.15) is 0 Å². The van der Waals surface area contributed by atoms with Crippen LogP contribution in [0, 0.1) is 0 Å². The van der Waals surface area contributed by atoms with Crippen LogP contribution in [0.4, 0.5) is 0 Å². The third-order valence-corrected chi connectivity index (χ3v) is 2.40. The Bertz CT molecular complexity index is 383. The highest BCUT2D eigenvalue weighted by Crippen LogP contribution is 2.07. The van der Waals surface area contributed by atoms with Crippen molar-refractivity contribution in [2.75, 3.05) is 0 Å². The fourth-order valence-electron chi connectivity index (χ4n) is 1.01. The van der Waals surface area contributed by atoms with E-state index in [0.29, 0.717) is 0 Å². The maximum absolute atomic E-state index is 11.2. The molecule has 0 saturated carbocycles. The van der Waals surface area contributed by atoms with E-state index in [2.05, 4.69) is 0 Å². The summed E-state index contributed by atoms with van der Waals surface area (Å²) in [6, 6.07) is 6.03. The number of benzene rings is 1. The molecule has 0 aliphatic heterocycles. The molecule has 0 heterocycles. The van der Waals surface area contributed by atoms with E-state index in [1.165, 1.54) is 12.1 Å². The molecule has 0 aliphatic carbocycles. The van der Waals surface area contributed by atoms with E-state index >= 15 is 0 Å². The van der Waals surface area contributed by atoms with E-state index in [0.717, 1.165) is 5.56 Å². The number of hydrogen-bond donors (Lipinski definition) is 0. The van der Waals surface area contributed by atoms with Crippen LogP contribution in [0.15, 0.2) is 24.3 Å². The summed E-state index contributed by atoms with van der Waals surface area (Å²) >= 11 is 1.96. The monoisotopic (exact) mass is 333 g/mol. The number of hydrogen-bond acceptors (Lipinski definition) is 4. The fraction of sp³-hybridized carbons (Fsp3) is 0.273. The number of esters is 1. The number of carbonyl (C=O) groups excluding carboxylic acids is 2. The zero-order valence-corrected chi connectivity index (χ0v) is 10.8. The molecule has 5 heteroatoms. The Labute approximate surface area is 107 Å². The van der Waals surface area contributed by atoms with Crippen molar-refractivity contribution in [1.82, 2.24) is 0 Å². The van der Waals surface area contributed by atoms with Crippen LogP contribution in [-0.2, 0) is 16.1 Å². The van der Waals surface area contributed by atoms with Crippen LogP contribution < -0.4 is 5.11 Å². The van der Waals surface area contributed by atoms with Gasteiger partial charge < -0.3 is 14.6 Å². The first-order valence-corrected chi connectivity index (χ1v) is 5.86. The van der Waals surface area contributed by atoms with Crippen molar-refractivity contribution in [2.45, 2.75) is 17.5 Å². The highest BCUT2D eigenvalue weighted by atomic mass is 127. The van der Waals surface area contributed by atoms with Gasteiger partial charge in [0.1, 0.15) is 10.5 Å². The summed E-state index contributed by atoms with van der Waals surface area (Å²) in [6.45, 7) is 1.89. The van der Waals surface area contributed by atoms with Crippen molar-refractivity contribution in [2.24, 2.45) is 0 Å². The average Bonchev–Trinajstić information content (AvgIpc) is 2.26. The Balaban J connectivity index is 2.56. The Morgan fingerprint density at radius 1 is 1.38 bits per heavy atom. The maximum atomic E-state index is 11.2. The van der Waals surface area contributed by atoms with Gasteiger partial charge in [0, 0.05) is 0 Å². The number of carbonyl (C=O) groups is 2. The van der Waals surface area contributed by atoms with E-state index in [9.17, 15) is 14.7 Å². The van der Waals surface area contributed by atoms with Crippen LogP contribution >= 0.6 is 22.6 Å². The molecule has 0 bridgehead atoms. The Morgan fingerprint density at radius 2 is 1.94 bits per heavy atom. The van der Waals surface area contributed by atoms with Gasteiger partial charge in [-0.25, -0.2) is 0 Å². The molecule has 16 heavy (non-hydrogen) atoms. The Kier molecular flexibility index (Phi) is 4.72. The number of carboxylic acid groups (broad SMARTS) is 1. The lowest BCUT2D eigenvalue weighted by atomic mass is 10.1. The van der Waals surface area contributed by atoms with Crippen LogP contribution in [0.1, 0.15) is 22.8 Å². The molecule has 4 nitrogen and oxygen atoms in total. The molecule has 1 rings (SSSR count). The third kappa shape index (κ3) is 3.80. The molecule has 0 saturated heterocycles. The summed E-state index contributed by atoms with van der Waals surface area (Å²) in [5, 5.41) is 10.5. The molecule has 1 atom stereocenters. The summed E-state index contributed by atoms with van der Waals surface area (Å²) < 4.78 is 4.79. The Morgan fingerprint density at radius 3 is 2.38 bits per heavy atom. The molecule has 86 valence electrons. The molecular weight excluding hydrogens is 323 g/mol. The normalized spacial score (nSPS) is 11.9. The average molecular weight is 333 g/mol. The zero-order valence-electron chi connectivity index (χ0n) is 8.60. The largest absolute Gasteiger partial charge is 0.545 e. The van der Waals surface area contributed by atoms with Crippen LogP contribution in [0.5, 0.6) is 0 Å². The first-order valence-electron chi connectivity index (χ1n) is 4.61. The van der Waals surface area contributed by atoms with Crippen LogP contribution in [0.3, 0.4) is 0 Å². The predicted molar refractivity (Wildman–Crippen MR) is 64.1 cm³/mol. The number of rotatable bonds is 4. The van der Waals surface area contributed by atoms with Crippen LogP contribution in [0.2, 0.25) is 0 Å². The number of ether oxygens (including phenoxy) is 1. The van der Waals surface area contributed by atoms with Crippen molar-refractivity contribution >= 4 is 34.5 Å². The minimum Gasteiger partial charge on any atom is -0.545 e. The first kappa shape index (κ1) is 13.0. The van der Waals surface area contributed by atoms with Gasteiger partial charge in [-0.05, 0) is 18.1 Å². The topological polar surface area (TPSA) is 66.4 Å². The summed E-state index contributed by atoms with van der Waals surface area (Å²) in [4.78, 5) is 21.6. The van der Waals surface area contributed by atoms with E-state index in [-0.39, 0.29) is 22.1 Å². The molecule has 1 aromatic carbocycles. The summed E-state index contributed by atoms with van der Waals surface area (Å²) in [5.41, 5.74) is 0.854. The highest BCUT2D eigenvalue weighted by Gasteiger charge is 2.09. The number of carboxylic acids is 1. The van der Waals surface area contributed by atoms with Gasteiger partial charge >= 0.3 is 5.97 Å². The maximum Gasteiger partial charge on any atom is 0.318 e. The fourth-order valence-corrected chi connectivity index (χ4v) is 1.19. The smallest absolute Gasteiger partial charge is 0.318 e. The van der Waals surface area contributed by atoms with Gasteiger partial charge in [-0.1, -0.05) is 46.9 Å². The summed E-state index contributed by atoms with van der Waals surface area (Å²) in [7, 11) is 0. The molecule has 0 fully saturated rings. The lowest BCUT2D eigenvalue weighted by Gasteiger charge is -2.07. The lowest BCUT2D eigenvalue weighted by Crippen LogP contribution is -2.22. The molecule has 0 N–H and O–H groups in total. The Hall–Kier alpha value is -1.11. The lowest BCUT2D eigenvalue weighted by molar-refractivity contribution is -0.255. The van der Waals surface area contributed by atoms with Crippen molar-refractivity contribution in [3.63, 3.8) is 0 Å². The minimum atomic E-state index is -1.22. The van der Waals surface area contributed by atoms with Crippen molar-refractivity contribution in [3.8, 4) is 0 Å². The molecule has 0 radical (unpaired) electrons. The second kappa shape index (κ2) is 5.83. The van der Waals surface area contributed by atoms with Crippen molar-refractivity contribution < 1.29 is 19.4 Å². The predicted octanol–water partition coefficient (Wildman–Crippen LogP) is 0.917. The van der Waals surface area contributed by atoms with Crippen LogP contribution in [-0.4, -0.2) is 15.9 Å². The molecule has 0 amide bonds. The second-order valence-electron chi connectivity index (χ2n) is 3.21. The standard InChI is InChI=1S/C11H11IO4/c1-7(12)11(15)16-6-8-2-4-9(5-3-8)10(13)14/h2-5,7H,6H2,1H3,(H,13,14)/p-1. The minimum absolute atomic E-state index is 0.109. The summed E-state index contributed by atoms with van der Waals surface area (Å²) in [6.07, 6.45) is 0. The van der Waals surface area contributed by atoms with Gasteiger partial charge in [0.2, 0.25) is 0 Å². The van der Waals surface area contributed by atoms with E-state index in [1.54, 1.807) is 19.1 Å². The number of halogens is 1. The van der Waals surface area contributed by atoms with E-state index in [4.69, 9.17) is 4.74 Å². The van der Waals surface area contributed by atoms with Gasteiger partial charge in [0.05, 0.1) is 5.97 Å². The van der Waals surface area contributed by atoms with Gasteiger partial charge in [0.25, 0.3) is 0 Å². The molecule has 0 aliphatic rings. The number of aromatic carboxylic acids is 1. The van der Waals surface area contributed by atoms with Crippen molar-refractivity contribution in [1.29, 1.82) is 0 Å². The molecule has 1 aromatic rings. The SMILES string of the molecule is CC(I)C(=O)OCc1ccc(C(=O)[O-])cc1. The van der Waals surface area contributed by atoms with Crippen LogP contribution in [0.25, 0.3) is 0 Å². The van der Waals surface area contributed by atoms with Gasteiger partial charge in [-0.3, -0.25) is 4.79 Å². The zero-order chi connectivity index (χ0) is 12.1. The first-order chi connectivity index (χ1) is 7.50.